The molecule has 0 unspecified atom stereocenters. The average Bonchev–Trinajstić information content (AvgIpc) is 3.09. The molecular formula is C19H22F2N4O3. The van der Waals surface area contributed by atoms with Gasteiger partial charge in [0.25, 0.3) is 0 Å². The predicted molar refractivity (Wildman–Crippen MR) is 95.0 cm³/mol. The van der Waals surface area contributed by atoms with Gasteiger partial charge in [-0.15, -0.1) is 0 Å². The Labute approximate surface area is 161 Å². The van der Waals surface area contributed by atoms with Crippen LogP contribution in [-0.2, 0) is 4.74 Å². The Hall–Kier alpha value is -2.73. The van der Waals surface area contributed by atoms with Crippen molar-refractivity contribution in [2.24, 2.45) is 5.92 Å². The van der Waals surface area contributed by atoms with Gasteiger partial charge >= 0.3 is 12.1 Å². The number of amides is 3. The number of benzene rings is 1. The van der Waals surface area contributed by atoms with E-state index in [0.717, 1.165) is 42.7 Å². The molecule has 0 radical (unpaired) electrons. The van der Waals surface area contributed by atoms with Crippen LogP contribution in [0.2, 0.25) is 0 Å². The molecule has 1 saturated heterocycles. The van der Waals surface area contributed by atoms with E-state index in [1.165, 1.54) is 6.07 Å². The fourth-order valence-electron chi connectivity index (χ4n) is 3.57. The number of hydrogen-bond acceptors (Lipinski definition) is 5. The highest BCUT2D eigenvalue weighted by Gasteiger charge is 2.39. The maximum atomic E-state index is 13.5. The van der Waals surface area contributed by atoms with Gasteiger partial charge in [0.15, 0.2) is 11.6 Å². The maximum Gasteiger partial charge on any atom is 0.418 e. The molecule has 1 aliphatic heterocycles. The number of imide groups is 1. The fourth-order valence-corrected chi connectivity index (χ4v) is 3.57. The molecule has 1 aromatic rings. The second-order valence-electron chi connectivity index (χ2n) is 7.00. The molecule has 1 aliphatic carbocycles. The van der Waals surface area contributed by atoms with E-state index in [9.17, 15) is 18.4 Å². The average molecular weight is 392 g/mol. The van der Waals surface area contributed by atoms with Crippen LogP contribution in [-0.4, -0.2) is 42.8 Å². The highest BCUT2D eigenvalue weighted by Crippen LogP contribution is 2.28. The highest BCUT2D eigenvalue weighted by atomic mass is 19.2. The number of halogens is 2. The minimum Gasteiger partial charge on any atom is -0.446 e. The SMILES string of the molecule is N#CC1CCC(NCCNC(=O)N2C(=O)OC[C@H]2c2ccc(F)c(F)c2)CC1. The lowest BCUT2D eigenvalue weighted by Gasteiger charge is -2.26. The first kappa shape index (κ1) is 20.0. The van der Waals surface area contributed by atoms with Crippen molar-refractivity contribution in [3.8, 4) is 6.07 Å². The predicted octanol–water partition coefficient (Wildman–Crippen LogP) is 2.84. The molecule has 3 rings (SSSR count). The van der Waals surface area contributed by atoms with E-state index < -0.39 is 29.8 Å². The Morgan fingerprint density at radius 1 is 1.21 bits per heavy atom. The van der Waals surface area contributed by atoms with E-state index in [4.69, 9.17) is 10.00 Å². The van der Waals surface area contributed by atoms with Crippen molar-refractivity contribution in [3.05, 3.63) is 35.4 Å². The summed E-state index contributed by atoms with van der Waals surface area (Å²) in [6.45, 7) is 0.704. The van der Waals surface area contributed by atoms with Crippen LogP contribution >= 0.6 is 0 Å². The number of rotatable bonds is 5. The summed E-state index contributed by atoms with van der Waals surface area (Å²) in [4.78, 5) is 25.2. The number of cyclic esters (lactones) is 1. The van der Waals surface area contributed by atoms with Gasteiger partial charge in [-0.1, -0.05) is 6.07 Å². The Morgan fingerprint density at radius 3 is 2.64 bits per heavy atom. The quantitative estimate of drug-likeness (QED) is 0.752. The molecule has 7 nitrogen and oxygen atoms in total. The Bertz CT molecular complexity index is 775. The van der Waals surface area contributed by atoms with E-state index in [1.807, 2.05) is 0 Å². The molecule has 1 aromatic carbocycles. The van der Waals surface area contributed by atoms with Crippen LogP contribution in [0.5, 0.6) is 0 Å². The molecule has 0 spiro atoms. The molecule has 0 aromatic heterocycles. The summed E-state index contributed by atoms with van der Waals surface area (Å²) in [5, 5.41) is 14.9. The standard InChI is InChI=1S/C19H22F2N4O3/c20-15-6-3-13(9-16(15)21)17-11-28-19(27)25(17)18(26)24-8-7-23-14-4-1-12(10-22)2-5-14/h3,6,9,12,14,17,23H,1-2,4-5,7-8,11H2,(H,24,26)/t12?,14?,17-/m0/s1. The van der Waals surface area contributed by atoms with E-state index in [-0.39, 0.29) is 18.1 Å². The summed E-state index contributed by atoms with van der Waals surface area (Å²) in [7, 11) is 0. The number of ether oxygens (including phenoxy) is 1. The molecule has 2 aliphatic rings. The normalized spacial score (nSPS) is 24.5. The van der Waals surface area contributed by atoms with Gasteiger partial charge in [-0.3, -0.25) is 0 Å². The third kappa shape index (κ3) is 4.57. The number of hydrogen-bond donors (Lipinski definition) is 2. The third-order valence-corrected chi connectivity index (χ3v) is 5.16. The van der Waals surface area contributed by atoms with Gasteiger partial charge in [0.1, 0.15) is 12.6 Å². The Balaban J connectivity index is 1.49. The zero-order valence-electron chi connectivity index (χ0n) is 15.3. The second-order valence-corrected chi connectivity index (χ2v) is 7.00. The summed E-state index contributed by atoms with van der Waals surface area (Å²) < 4.78 is 31.5. The van der Waals surface area contributed by atoms with Crippen LogP contribution in [0.1, 0.15) is 37.3 Å². The van der Waals surface area contributed by atoms with Crippen molar-refractivity contribution in [3.63, 3.8) is 0 Å². The minimum atomic E-state index is -1.05. The van der Waals surface area contributed by atoms with Crippen molar-refractivity contribution >= 4 is 12.1 Å². The van der Waals surface area contributed by atoms with Gasteiger partial charge in [-0.05, 0) is 43.4 Å². The largest absolute Gasteiger partial charge is 0.446 e. The number of carbonyl (C=O) groups is 2. The molecule has 1 saturated carbocycles. The smallest absolute Gasteiger partial charge is 0.418 e. The lowest BCUT2D eigenvalue weighted by atomic mass is 9.87. The van der Waals surface area contributed by atoms with Crippen LogP contribution in [0.15, 0.2) is 18.2 Å². The number of nitrogens with zero attached hydrogens (tertiary/aromatic N) is 2. The van der Waals surface area contributed by atoms with Crippen LogP contribution in [0.25, 0.3) is 0 Å². The summed E-state index contributed by atoms with van der Waals surface area (Å²) in [5.41, 5.74) is 0.285. The lowest BCUT2D eigenvalue weighted by molar-refractivity contribution is 0.158. The molecule has 2 N–H and O–H groups in total. The van der Waals surface area contributed by atoms with Gasteiger partial charge in [-0.2, -0.15) is 5.26 Å². The molecule has 9 heteroatoms. The van der Waals surface area contributed by atoms with Gasteiger partial charge in [-0.25, -0.2) is 23.3 Å². The topological polar surface area (TPSA) is 94.5 Å². The first-order chi connectivity index (χ1) is 13.5. The summed E-state index contributed by atoms with van der Waals surface area (Å²) >= 11 is 0. The van der Waals surface area contributed by atoms with Gasteiger partial charge < -0.3 is 15.4 Å². The van der Waals surface area contributed by atoms with Crippen LogP contribution in [0.3, 0.4) is 0 Å². The monoisotopic (exact) mass is 392 g/mol. The number of urea groups is 1. The molecular weight excluding hydrogens is 370 g/mol. The van der Waals surface area contributed by atoms with Crippen LogP contribution in [0, 0.1) is 28.9 Å². The van der Waals surface area contributed by atoms with Crippen LogP contribution < -0.4 is 10.6 Å². The van der Waals surface area contributed by atoms with Gasteiger partial charge in [0, 0.05) is 25.0 Å². The third-order valence-electron chi connectivity index (χ3n) is 5.16. The van der Waals surface area contributed by atoms with E-state index in [1.54, 1.807) is 0 Å². The molecule has 28 heavy (non-hydrogen) atoms. The minimum absolute atomic E-state index is 0.113. The van der Waals surface area contributed by atoms with Crippen LogP contribution in [0.4, 0.5) is 18.4 Å². The van der Waals surface area contributed by atoms with E-state index in [0.29, 0.717) is 19.1 Å². The van der Waals surface area contributed by atoms with E-state index >= 15 is 0 Å². The molecule has 3 amide bonds. The van der Waals surface area contributed by atoms with E-state index in [2.05, 4.69) is 16.7 Å². The Kier molecular flexibility index (Phi) is 6.41. The molecule has 1 atom stereocenters. The van der Waals surface area contributed by atoms with Crippen molar-refractivity contribution in [1.82, 2.24) is 15.5 Å². The van der Waals surface area contributed by atoms with Crippen molar-refractivity contribution in [2.45, 2.75) is 37.8 Å². The summed E-state index contributed by atoms with van der Waals surface area (Å²) in [6, 6.07) is 4.38. The zero-order valence-corrected chi connectivity index (χ0v) is 15.3. The zero-order chi connectivity index (χ0) is 20.1. The maximum absolute atomic E-state index is 13.5. The summed E-state index contributed by atoms with van der Waals surface area (Å²) in [6.07, 6.45) is 2.76. The van der Waals surface area contributed by atoms with Crippen molar-refractivity contribution in [2.75, 3.05) is 19.7 Å². The Morgan fingerprint density at radius 2 is 1.96 bits per heavy atom. The lowest BCUT2D eigenvalue weighted by Crippen LogP contribution is -2.45. The second kappa shape index (κ2) is 8.97. The number of nitriles is 1. The molecule has 150 valence electrons. The summed E-state index contributed by atoms with van der Waals surface area (Å²) in [5.74, 6) is -1.92. The number of carbonyl (C=O) groups excluding carboxylic acids is 2. The van der Waals surface area contributed by atoms with Gasteiger partial charge in [0.2, 0.25) is 0 Å². The number of nitrogens with one attached hydrogen (secondary N) is 2. The first-order valence-corrected chi connectivity index (χ1v) is 9.31. The molecule has 0 bridgehead atoms. The van der Waals surface area contributed by atoms with Crippen molar-refractivity contribution < 1.29 is 23.1 Å². The van der Waals surface area contributed by atoms with Crippen molar-refractivity contribution in [1.29, 1.82) is 5.26 Å². The molecule has 1 heterocycles. The molecule has 2 fully saturated rings. The fraction of sp³-hybridized carbons (Fsp3) is 0.526. The van der Waals surface area contributed by atoms with Gasteiger partial charge in [0.05, 0.1) is 6.07 Å². The first-order valence-electron chi connectivity index (χ1n) is 9.31. The highest BCUT2D eigenvalue weighted by molar-refractivity contribution is 5.92.